The van der Waals surface area contributed by atoms with Crippen LogP contribution in [0.5, 0.6) is 5.75 Å². The lowest BCUT2D eigenvalue weighted by molar-refractivity contribution is -0.123. The van der Waals surface area contributed by atoms with E-state index in [0.717, 1.165) is 5.39 Å². The van der Waals surface area contributed by atoms with E-state index in [1.165, 1.54) is 0 Å². The van der Waals surface area contributed by atoms with Crippen LogP contribution < -0.4 is 15.6 Å². The molecule has 7 nitrogen and oxygen atoms in total. The molecule has 8 heteroatoms. The van der Waals surface area contributed by atoms with Gasteiger partial charge in [-0.15, -0.1) is 0 Å². The molecule has 3 aromatic rings. The molecular formula is C19H14ClN3O4. The molecular weight excluding hydrogens is 370 g/mol. The Morgan fingerprint density at radius 2 is 1.93 bits per heavy atom. The van der Waals surface area contributed by atoms with E-state index in [4.69, 9.17) is 26.0 Å². The minimum atomic E-state index is -0.605. The van der Waals surface area contributed by atoms with E-state index in [1.54, 1.807) is 49.4 Å². The van der Waals surface area contributed by atoms with Gasteiger partial charge in [0.25, 0.3) is 5.91 Å². The lowest BCUT2D eigenvalue weighted by atomic mass is 10.1. The highest BCUT2D eigenvalue weighted by Gasteiger charge is 2.19. The van der Waals surface area contributed by atoms with Gasteiger partial charge in [0.2, 0.25) is 0 Å². The summed E-state index contributed by atoms with van der Waals surface area (Å²) in [6, 6.07) is 13.5. The number of aryl methyl sites for hydroxylation is 1. The molecule has 3 rings (SSSR count). The molecule has 2 amide bonds. The highest BCUT2D eigenvalue weighted by Crippen LogP contribution is 2.30. The van der Waals surface area contributed by atoms with Crippen molar-refractivity contribution in [2.24, 2.45) is 0 Å². The molecule has 0 saturated heterocycles. The van der Waals surface area contributed by atoms with Crippen LogP contribution in [0.4, 0.5) is 0 Å². The first-order valence-corrected chi connectivity index (χ1v) is 8.27. The van der Waals surface area contributed by atoms with Gasteiger partial charge in [-0.2, -0.15) is 5.26 Å². The second kappa shape index (κ2) is 7.81. The third-order valence-electron chi connectivity index (χ3n) is 3.79. The molecule has 0 saturated carbocycles. The number of fused-ring (bicyclic) bond motifs is 1. The van der Waals surface area contributed by atoms with E-state index in [0.29, 0.717) is 27.5 Å². The first-order valence-electron chi connectivity index (χ1n) is 7.89. The minimum absolute atomic E-state index is 0.0615. The van der Waals surface area contributed by atoms with Gasteiger partial charge in [0.05, 0.1) is 16.7 Å². The Labute approximate surface area is 159 Å². The summed E-state index contributed by atoms with van der Waals surface area (Å²) in [4.78, 5) is 24.1. The van der Waals surface area contributed by atoms with Gasteiger partial charge in [0.1, 0.15) is 5.75 Å². The summed E-state index contributed by atoms with van der Waals surface area (Å²) in [6.45, 7) is 1.42. The Balaban J connectivity index is 1.57. The molecule has 0 spiro atoms. The monoisotopic (exact) mass is 383 g/mol. The van der Waals surface area contributed by atoms with Crippen molar-refractivity contribution in [3.8, 4) is 11.8 Å². The molecule has 0 unspecified atom stereocenters. The molecule has 0 aliphatic carbocycles. The number of rotatable bonds is 4. The number of amides is 2. The zero-order chi connectivity index (χ0) is 19.4. The summed E-state index contributed by atoms with van der Waals surface area (Å²) in [5, 5.41) is 9.86. The summed E-state index contributed by atoms with van der Waals surface area (Å²) in [6.07, 6.45) is 0. The predicted octanol–water partition coefficient (Wildman–Crippen LogP) is 3.11. The maximum Gasteiger partial charge on any atom is 0.305 e. The number of hydrogen-bond acceptors (Lipinski definition) is 5. The topological polar surface area (TPSA) is 104 Å². The van der Waals surface area contributed by atoms with E-state index in [2.05, 4.69) is 10.9 Å². The van der Waals surface area contributed by atoms with Crippen LogP contribution >= 0.6 is 11.6 Å². The molecule has 0 bridgehead atoms. The molecule has 1 aromatic heterocycles. The Kier molecular flexibility index (Phi) is 5.29. The van der Waals surface area contributed by atoms with Crippen molar-refractivity contribution in [1.29, 1.82) is 5.26 Å². The number of halogens is 1. The number of furan rings is 1. The average molecular weight is 384 g/mol. The van der Waals surface area contributed by atoms with Gasteiger partial charge < -0.3 is 9.15 Å². The maximum atomic E-state index is 12.3. The SMILES string of the molecule is Cc1c(C(=O)NNC(=O)COc2ccc(C#N)cc2)oc2c(Cl)cccc12. The molecule has 0 fully saturated rings. The highest BCUT2D eigenvalue weighted by molar-refractivity contribution is 6.35. The first-order chi connectivity index (χ1) is 13.0. The van der Waals surface area contributed by atoms with Crippen LogP contribution in [0.2, 0.25) is 5.02 Å². The van der Waals surface area contributed by atoms with Crippen molar-refractivity contribution >= 4 is 34.4 Å². The van der Waals surface area contributed by atoms with E-state index in [1.807, 2.05) is 6.07 Å². The third-order valence-corrected chi connectivity index (χ3v) is 4.09. The standard InChI is InChI=1S/C19H14ClN3O4/c1-11-14-3-2-4-15(20)18(14)27-17(11)19(25)23-22-16(24)10-26-13-7-5-12(9-21)6-8-13/h2-8H,10H2,1H3,(H,22,24)(H,23,25). The van der Waals surface area contributed by atoms with Crippen LogP contribution in [-0.4, -0.2) is 18.4 Å². The van der Waals surface area contributed by atoms with Crippen LogP contribution in [0.25, 0.3) is 11.0 Å². The summed E-state index contributed by atoms with van der Waals surface area (Å²) in [5.41, 5.74) is 6.05. The zero-order valence-corrected chi connectivity index (χ0v) is 15.0. The number of nitrogens with one attached hydrogen (secondary N) is 2. The maximum absolute atomic E-state index is 12.3. The summed E-state index contributed by atoms with van der Waals surface area (Å²) < 4.78 is 10.8. The highest BCUT2D eigenvalue weighted by atomic mass is 35.5. The fourth-order valence-corrected chi connectivity index (χ4v) is 2.63. The Morgan fingerprint density at radius 1 is 1.19 bits per heavy atom. The van der Waals surface area contributed by atoms with Gasteiger partial charge in [-0.25, -0.2) is 0 Å². The lowest BCUT2D eigenvalue weighted by Gasteiger charge is -2.08. The second-order valence-corrected chi connectivity index (χ2v) is 6.01. The van der Waals surface area contributed by atoms with Gasteiger partial charge in [-0.3, -0.25) is 20.4 Å². The van der Waals surface area contributed by atoms with Crippen molar-refractivity contribution in [3.63, 3.8) is 0 Å². The molecule has 2 N–H and O–H groups in total. The minimum Gasteiger partial charge on any atom is -0.484 e. The Hall–Kier alpha value is -3.50. The van der Waals surface area contributed by atoms with Crippen molar-refractivity contribution < 1.29 is 18.7 Å². The fraction of sp³-hybridized carbons (Fsp3) is 0.105. The first kappa shape index (κ1) is 18.3. The molecule has 2 aromatic carbocycles. The number of nitriles is 1. The number of hydrazine groups is 1. The van der Waals surface area contributed by atoms with Gasteiger partial charge in [-0.1, -0.05) is 23.7 Å². The van der Waals surface area contributed by atoms with Crippen LogP contribution in [-0.2, 0) is 4.79 Å². The number of ether oxygens (including phenoxy) is 1. The number of carbonyl (C=O) groups is 2. The zero-order valence-electron chi connectivity index (χ0n) is 14.2. The normalized spacial score (nSPS) is 10.3. The van der Waals surface area contributed by atoms with E-state index in [9.17, 15) is 9.59 Å². The van der Waals surface area contributed by atoms with Crippen molar-refractivity contribution in [3.05, 3.63) is 64.4 Å². The van der Waals surface area contributed by atoms with Crippen molar-refractivity contribution in [2.75, 3.05) is 6.61 Å². The van der Waals surface area contributed by atoms with Gasteiger partial charge in [0, 0.05) is 10.9 Å². The average Bonchev–Trinajstić information content (AvgIpc) is 3.03. The van der Waals surface area contributed by atoms with Crippen molar-refractivity contribution in [2.45, 2.75) is 6.92 Å². The molecule has 0 aliphatic rings. The summed E-state index contributed by atoms with van der Waals surface area (Å²) in [5.74, 6) is -0.671. The number of carbonyl (C=O) groups excluding carboxylic acids is 2. The fourth-order valence-electron chi connectivity index (χ4n) is 2.42. The van der Waals surface area contributed by atoms with E-state index < -0.39 is 11.8 Å². The van der Waals surface area contributed by atoms with Crippen LogP contribution in [0, 0.1) is 18.3 Å². The largest absolute Gasteiger partial charge is 0.484 e. The predicted molar refractivity (Wildman–Crippen MR) is 98.2 cm³/mol. The second-order valence-electron chi connectivity index (χ2n) is 5.60. The lowest BCUT2D eigenvalue weighted by Crippen LogP contribution is -2.43. The quantitative estimate of drug-likeness (QED) is 0.673. The van der Waals surface area contributed by atoms with Gasteiger partial charge in [-0.05, 0) is 37.3 Å². The Morgan fingerprint density at radius 3 is 2.59 bits per heavy atom. The molecule has 136 valence electrons. The molecule has 0 aliphatic heterocycles. The van der Waals surface area contributed by atoms with Gasteiger partial charge in [0.15, 0.2) is 18.0 Å². The van der Waals surface area contributed by atoms with E-state index in [-0.39, 0.29) is 12.4 Å². The van der Waals surface area contributed by atoms with Crippen LogP contribution in [0.15, 0.2) is 46.9 Å². The number of hydrogen-bond donors (Lipinski definition) is 2. The van der Waals surface area contributed by atoms with Crippen LogP contribution in [0.1, 0.15) is 21.7 Å². The number of benzene rings is 2. The smallest absolute Gasteiger partial charge is 0.305 e. The molecule has 27 heavy (non-hydrogen) atoms. The summed E-state index contributed by atoms with van der Waals surface area (Å²) in [7, 11) is 0. The molecule has 0 atom stereocenters. The van der Waals surface area contributed by atoms with Gasteiger partial charge >= 0.3 is 5.91 Å². The van der Waals surface area contributed by atoms with E-state index >= 15 is 0 Å². The van der Waals surface area contributed by atoms with Crippen LogP contribution in [0.3, 0.4) is 0 Å². The van der Waals surface area contributed by atoms with Crippen molar-refractivity contribution in [1.82, 2.24) is 10.9 Å². The number of para-hydroxylation sites is 1. The third kappa shape index (κ3) is 4.02. The summed E-state index contributed by atoms with van der Waals surface area (Å²) >= 11 is 6.06. The Bertz CT molecular complexity index is 1050. The number of nitrogens with zero attached hydrogens (tertiary/aromatic N) is 1. The molecule has 1 heterocycles. The molecule has 0 radical (unpaired) electrons.